The Labute approximate surface area is 154 Å². The number of carbonyl (C=O) groups excluding carboxylic acids is 2. The van der Waals surface area contributed by atoms with Gasteiger partial charge >= 0.3 is 11.9 Å². The minimum absolute atomic E-state index is 0.268. The molecule has 1 aliphatic heterocycles. The molecule has 1 saturated heterocycles. The highest BCUT2D eigenvalue weighted by atomic mass is 16.6. The van der Waals surface area contributed by atoms with Gasteiger partial charge in [-0.2, -0.15) is 0 Å². The van der Waals surface area contributed by atoms with Crippen LogP contribution in [0.1, 0.15) is 110 Å². The Balaban J connectivity index is 1.80. The van der Waals surface area contributed by atoms with Gasteiger partial charge in [0, 0.05) is 6.42 Å². The lowest BCUT2D eigenvalue weighted by molar-refractivity contribution is -0.161. The number of unbranched alkanes of at least 4 members (excludes halogenated alkanes) is 12. The third-order valence-corrected chi connectivity index (χ3v) is 5.04. The highest BCUT2D eigenvalue weighted by Crippen LogP contribution is 2.13. The van der Waals surface area contributed by atoms with Crippen molar-refractivity contribution in [1.29, 1.82) is 0 Å². The van der Waals surface area contributed by atoms with E-state index in [1.54, 1.807) is 0 Å². The van der Waals surface area contributed by atoms with Gasteiger partial charge in [0.15, 0.2) is 0 Å². The van der Waals surface area contributed by atoms with Crippen LogP contribution < -0.4 is 5.32 Å². The van der Waals surface area contributed by atoms with Crippen molar-refractivity contribution < 1.29 is 14.3 Å². The van der Waals surface area contributed by atoms with Gasteiger partial charge < -0.3 is 10.1 Å². The van der Waals surface area contributed by atoms with Gasteiger partial charge in [0.1, 0.15) is 6.04 Å². The third kappa shape index (κ3) is 12.1. The monoisotopic (exact) mass is 353 g/mol. The fourth-order valence-electron chi connectivity index (χ4n) is 3.41. The number of carbonyl (C=O) groups is 2. The molecule has 0 saturated carbocycles. The highest BCUT2D eigenvalue weighted by molar-refractivity contribution is 5.88. The van der Waals surface area contributed by atoms with Crippen LogP contribution in [0.25, 0.3) is 0 Å². The van der Waals surface area contributed by atoms with Crippen LogP contribution in [0.15, 0.2) is 0 Å². The van der Waals surface area contributed by atoms with Crippen molar-refractivity contribution in [3.8, 4) is 0 Å². The molecule has 1 atom stereocenters. The van der Waals surface area contributed by atoms with E-state index >= 15 is 0 Å². The molecule has 4 heteroatoms. The predicted molar refractivity (Wildman–Crippen MR) is 102 cm³/mol. The molecule has 1 N–H and O–H groups in total. The summed E-state index contributed by atoms with van der Waals surface area (Å²) in [5, 5.41) is 3.05. The predicted octanol–water partition coefficient (Wildman–Crippen LogP) is 5.29. The van der Waals surface area contributed by atoms with Crippen LogP contribution >= 0.6 is 0 Å². The van der Waals surface area contributed by atoms with Gasteiger partial charge in [-0.15, -0.1) is 0 Å². The smallest absolute Gasteiger partial charge is 0.330 e. The Morgan fingerprint density at radius 3 is 1.84 bits per heavy atom. The fourth-order valence-corrected chi connectivity index (χ4v) is 3.41. The van der Waals surface area contributed by atoms with Crippen LogP contribution in [-0.2, 0) is 14.3 Å². The molecule has 0 radical (unpaired) electrons. The quantitative estimate of drug-likeness (QED) is 0.247. The summed E-state index contributed by atoms with van der Waals surface area (Å²) in [6.45, 7) is 3.10. The molecule has 0 unspecified atom stereocenters. The number of rotatable bonds is 15. The zero-order valence-electron chi connectivity index (χ0n) is 16.3. The summed E-state index contributed by atoms with van der Waals surface area (Å²) in [6.07, 6.45) is 18.8. The van der Waals surface area contributed by atoms with Crippen molar-refractivity contribution in [1.82, 2.24) is 5.32 Å². The van der Waals surface area contributed by atoms with Crippen LogP contribution in [0.3, 0.4) is 0 Å². The first-order valence-corrected chi connectivity index (χ1v) is 10.7. The van der Waals surface area contributed by atoms with E-state index in [1.165, 1.54) is 70.6 Å². The van der Waals surface area contributed by atoms with E-state index < -0.39 is 5.97 Å². The Kier molecular flexibility index (Phi) is 13.6. The van der Waals surface area contributed by atoms with Gasteiger partial charge in [0.2, 0.25) is 0 Å². The number of hydrogen-bond acceptors (Lipinski definition) is 4. The number of hydrogen-bond donors (Lipinski definition) is 1. The standard InChI is InChI=1S/C21H39NO3/c1-2-3-4-5-6-7-8-9-10-11-12-13-14-17-20(23)25-21(24)19-16-15-18-22-19/h19,22H,2-18H2,1H3/t19-/m1/s1. The molecule has 1 heterocycles. The third-order valence-electron chi connectivity index (χ3n) is 5.04. The largest absolute Gasteiger partial charge is 0.392 e. The Bertz CT molecular complexity index is 351. The molecule has 0 aromatic rings. The second kappa shape index (κ2) is 15.4. The molecule has 1 fully saturated rings. The van der Waals surface area contributed by atoms with Crippen molar-refractivity contribution >= 4 is 11.9 Å². The maximum absolute atomic E-state index is 11.7. The van der Waals surface area contributed by atoms with E-state index in [9.17, 15) is 9.59 Å². The first-order chi connectivity index (χ1) is 12.2. The van der Waals surface area contributed by atoms with Gasteiger partial charge in [0.25, 0.3) is 0 Å². The number of ether oxygens (including phenoxy) is 1. The van der Waals surface area contributed by atoms with Crippen LogP contribution in [0.4, 0.5) is 0 Å². The SMILES string of the molecule is CCCCCCCCCCCCCCCC(=O)OC(=O)[C@H]1CCCN1. The zero-order valence-corrected chi connectivity index (χ0v) is 16.3. The summed E-state index contributed by atoms with van der Waals surface area (Å²) < 4.78 is 4.90. The number of nitrogens with one attached hydrogen (secondary N) is 1. The van der Waals surface area contributed by atoms with Crippen LogP contribution in [-0.4, -0.2) is 24.5 Å². The minimum atomic E-state index is -0.391. The van der Waals surface area contributed by atoms with E-state index in [4.69, 9.17) is 4.74 Å². The average molecular weight is 354 g/mol. The summed E-state index contributed by atoms with van der Waals surface area (Å²) >= 11 is 0. The molecular formula is C21H39NO3. The molecule has 0 bridgehead atoms. The van der Waals surface area contributed by atoms with E-state index in [2.05, 4.69) is 12.2 Å². The van der Waals surface area contributed by atoms with Crippen molar-refractivity contribution in [3.63, 3.8) is 0 Å². The molecule has 146 valence electrons. The topological polar surface area (TPSA) is 55.4 Å². The van der Waals surface area contributed by atoms with Gasteiger partial charge in [0.05, 0.1) is 0 Å². The minimum Gasteiger partial charge on any atom is -0.392 e. The molecule has 0 spiro atoms. The maximum Gasteiger partial charge on any atom is 0.330 e. The van der Waals surface area contributed by atoms with Gasteiger partial charge in [-0.25, -0.2) is 4.79 Å². The van der Waals surface area contributed by atoms with Crippen LogP contribution in [0.5, 0.6) is 0 Å². The average Bonchev–Trinajstić information content (AvgIpc) is 3.13. The summed E-state index contributed by atoms with van der Waals surface area (Å²) in [7, 11) is 0. The molecular weight excluding hydrogens is 314 g/mol. The summed E-state index contributed by atoms with van der Waals surface area (Å²) in [5.41, 5.74) is 0. The molecule has 0 aromatic heterocycles. The summed E-state index contributed by atoms with van der Waals surface area (Å²) in [5.74, 6) is -0.751. The van der Waals surface area contributed by atoms with Crippen LogP contribution in [0, 0.1) is 0 Å². The van der Waals surface area contributed by atoms with E-state index in [-0.39, 0.29) is 12.0 Å². The second-order valence-corrected chi connectivity index (χ2v) is 7.43. The lowest BCUT2D eigenvalue weighted by Crippen LogP contribution is -2.33. The zero-order chi connectivity index (χ0) is 18.2. The van der Waals surface area contributed by atoms with Gasteiger partial charge in [-0.05, 0) is 25.8 Å². The first-order valence-electron chi connectivity index (χ1n) is 10.7. The Morgan fingerprint density at radius 2 is 1.36 bits per heavy atom. The Hall–Kier alpha value is -0.900. The molecule has 1 aliphatic rings. The fraction of sp³-hybridized carbons (Fsp3) is 0.905. The lowest BCUT2D eigenvalue weighted by Gasteiger charge is -2.08. The van der Waals surface area contributed by atoms with E-state index in [1.807, 2.05) is 0 Å². The molecule has 0 amide bonds. The van der Waals surface area contributed by atoms with Crippen molar-refractivity contribution in [3.05, 3.63) is 0 Å². The molecule has 1 rings (SSSR count). The summed E-state index contributed by atoms with van der Waals surface area (Å²) in [4.78, 5) is 23.3. The van der Waals surface area contributed by atoms with Crippen LogP contribution in [0.2, 0.25) is 0 Å². The van der Waals surface area contributed by atoms with E-state index in [0.29, 0.717) is 6.42 Å². The normalized spacial score (nSPS) is 16.9. The Morgan fingerprint density at radius 1 is 0.840 bits per heavy atom. The highest BCUT2D eigenvalue weighted by Gasteiger charge is 2.25. The first kappa shape index (κ1) is 22.1. The van der Waals surface area contributed by atoms with Crippen molar-refractivity contribution in [2.24, 2.45) is 0 Å². The molecule has 0 aromatic carbocycles. The van der Waals surface area contributed by atoms with Crippen molar-refractivity contribution in [2.75, 3.05) is 6.54 Å². The summed E-state index contributed by atoms with van der Waals surface area (Å²) in [6, 6.07) is -0.268. The maximum atomic E-state index is 11.7. The second-order valence-electron chi connectivity index (χ2n) is 7.43. The van der Waals surface area contributed by atoms with Gasteiger partial charge in [-0.1, -0.05) is 84.0 Å². The lowest BCUT2D eigenvalue weighted by atomic mass is 10.0. The van der Waals surface area contributed by atoms with Crippen molar-refractivity contribution in [2.45, 2.75) is 116 Å². The van der Waals surface area contributed by atoms with E-state index in [0.717, 1.165) is 32.2 Å². The molecule has 25 heavy (non-hydrogen) atoms. The van der Waals surface area contributed by atoms with Gasteiger partial charge in [-0.3, -0.25) is 4.79 Å². The number of esters is 2. The molecule has 0 aliphatic carbocycles. The molecule has 4 nitrogen and oxygen atoms in total.